The molecule has 0 saturated carbocycles. The van der Waals surface area contributed by atoms with Gasteiger partial charge in [0.15, 0.2) is 5.78 Å². The standard InChI is InChI=1S/C15H29NO6.2C2H6/c1-13(2)14(17)12-22-11-10-21-7-5-16-15(18)4-6-20-9-8-19-3;2*1-2/h13H,4-12H2,1-3H3,(H,16,18);2*1-2H3. The highest BCUT2D eigenvalue weighted by Crippen LogP contribution is 1.94. The molecule has 0 heterocycles. The lowest BCUT2D eigenvalue weighted by atomic mass is 10.1. The zero-order valence-corrected chi connectivity index (χ0v) is 17.9. The smallest absolute Gasteiger partial charge is 0.222 e. The minimum atomic E-state index is -0.0696. The third kappa shape index (κ3) is 25.2. The Hall–Kier alpha value is -1.02. The van der Waals surface area contributed by atoms with E-state index in [9.17, 15) is 9.59 Å². The Balaban J connectivity index is -0.00000123. The van der Waals surface area contributed by atoms with Crippen molar-refractivity contribution in [1.29, 1.82) is 0 Å². The highest BCUT2D eigenvalue weighted by Gasteiger charge is 2.06. The van der Waals surface area contributed by atoms with Crippen LogP contribution >= 0.6 is 0 Å². The van der Waals surface area contributed by atoms with Gasteiger partial charge in [-0.1, -0.05) is 41.5 Å². The number of ketones is 1. The van der Waals surface area contributed by atoms with Gasteiger partial charge in [0, 0.05) is 26.0 Å². The average Bonchev–Trinajstić information content (AvgIpc) is 2.66. The minimum absolute atomic E-state index is 0.00499. The van der Waals surface area contributed by atoms with Crippen molar-refractivity contribution in [2.75, 3.05) is 59.9 Å². The number of methoxy groups -OCH3 is 1. The number of carbonyl (C=O) groups excluding carboxylic acids is 2. The number of nitrogens with one attached hydrogen (secondary N) is 1. The highest BCUT2D eigenvalue weighted by molar-refractivity contribution is 5.81. The third-order valence-corrected chi connectivity index (χ3v) is 2.73. The van der Waals surface area contributed by atoms with E-state index in [1.165, 1.54) is 0 Å². The predicted octanol–water partition coefficient (Wildman–Crippen LogP) is 2.47. The van der Waals surface area contributed by atoms with E-state index in [-0.39, 0.29) is 24.2 Å². The number of hydrogen-bond acceptors (Lipinski definition) is 6. The van der Waals surface area contributed by atoms with Gasteiger partial charge in [-0.25, -0.2) is 0 Å². The van der Waals surface area contributed by atoms with Gasteiger partial charge in [-0.15, -0.1) is 0 Å². The first-order valence-electron chi connectivity index (χ1n) is 9.59. The molecule has 7 heteroatoms. The molecule has 158 valence electrons. The van der Waals surface area contributed by atoms with Crippen LogP contribution in [0.1, 0.15) is 48.0 Å². The topological polar surface area (TPSA) is 83.1 Å². The Morgan fingerprint density at radius 2 is 1.35 bits per heavy atom. The van der Waals surface area contributed by atoms with Crippen molar-refractivity contribution in [2.24, 2.45) is 5.92 Å². The van der Waals surface area contributed by atoms with Crippen LogP contribution in [-0.2, 0) is 28.5 Å². The molecule has 0 rings (SSSR count). The second-order valence-electron chi connectivity index (χ2n) is 4.99. The molecule has 1 N–H and O–H groups in total. The van der Waals surface area contributed by atoms with Gasteiger partial charge in [0.1, 0.15) is 6.61 Å². The molecule has 0 aliphatic carbocycles. The van der Waals surface area contributed by atoms with Gasteiger partial charge in [-0.2, -0.15) is 0 Å². The monoisotopic (exact) mass is 379 g/mol. The zero-order valence-electron chi connectivity index (χ0n) is 17.9. The first-order chi connectivity index (χ1) is 12.6. The summed E-state index contributed by atoms with van der Waals surface area (Å²) in [4.78, 5) is 22.7. The molecule has 0 saturated heterocycles. The van der Waals surface area contributed by atoms with E-state index in [2.05, 4.69) is 5.32 Å². The summed E-state index contributed by atoms with van der Waals surface area (Å²) in [5.41, 5.74) is 0. The minimum Gasteiger partial charge on any atom is -0.382 e. The molecule has 0 aliphatic heterocycles. The normalized spacial score (nSPS) is 9.69. The molecular weight excluding hydrogens is 338 g/mol. The summed E-state index contributed by atoms with van der Waals surface area (Å²) in [5, 5.41) is 2.73. The lowest BCUT2D eigenvalue weighted by molar-refractivity contribution is -0.127. The van der Waals surface area contributed by atoms with Crippen LogP contribution in [0.4, 0.5) is 0 Å². The molecule has 26 heavy (non-hydrogen) atoms. The molecule has 0 spiro atoms. The Labute approximate surface area is 160 Å². The van der Waals surface area contributed by atoms with E-state index in [1.807, 2.05) is 41.5 Å². The number of rotatable bonds is 15. The van der Waals surface area contributed by atoms with E-state index in [0.29, 0.717) is 52.6 Å². The van der Waals surface area contributed by atoms with Crippen molar-refractivity contribution in [1.82, 2.24) is 5.32 Å². The van der Waals surface area contributed by atoms with E-state index in [4.69, 9.17) is 18.9 Å². The SMILES string of the molecule is CC.CC.COCCOCCC(=O)NCCOCCOCC(=O)C(C)C. The maximum atomic E-state index is 11.4. The lowest BCUT2D eigenvalue weighted by Gasteiger charge is -2.08. The molecule has 0 bridgehead atoms. The van der Waals surface area contributed by atoms with Crippen LogP contribution in [0, 0.1) is 5.92 Å². The van der Waals surface area contributed by atoms with Crippen molar-refractivity contribution in [3.05, 3.63) is 0 Å². The van der Waals surface area contributed by atoms with Crippen molar-refractivity contribution in [3.63, 3.8) is 0 Å². The van der Waals surface area contributed by atoms with Gasteiger partial charge < -0.3 is 24.3 Å². The van der Waals surface area contributed by atoms with Crippen LogP contribution in [0.15, 0.2) is 0 Å². The van der Waals surface area contributed by atoms with Crippen molar-refractivity contribution in [3.8, 4) is 0 Å². The molecule has 0 aliphatic rings. The van der Waals surface area contributed by atoms with Crippen molar-refractivity contribution in [2.45, 2.75) is 48.0 Å². The summed E-state index contributed by atoms with van der Waals surface area (Å²) >= 11 is 0. The Bertz CT molecular complexity index is 298. The fourth-order valence-electron chi connectivity index (χ4n) is 1.32. The molecule has 0 unspecified atom stereocenters. The van der Waals surface area contributed by atoms with Crippen LogP contribution < -0.4 is 5.32 Å². The summed E-state index contributed by atoms with van der Waals surface area (Å²) < 4.78 is 20.5. The molecule has 0 atom stereocenters. The fourth-order valence-corrected chi connectivity index (χ4v) is 1.32. The molecule has 0 aromatic rings. The number of amides is 1. The van der Waals surface area contributed by atoms with Gasteiger partial charge in [-0.05, 0) is 0 Å². The number of ether oxygens (including phenoxy) is 4. The van der Waals surface area contributed by atoms with Crippen LogP contribution in [0.3, 0.4) is 0 Å². The van der Waals surface area contributed by atoms with Crippen LogP contribution in [-0.4, -0.2) is 71.6 Å². The lowest BCUT2D eigenvalue weighted by Crippen LogP contribution is -2.28. The highest BCUT2D eigenvalue weighted by atomic mass is 16.5. The van der Waals surface area contributed by atoms with Gasteiger partial charge in [0.05, 0.1) is 39.6 Å². The summed E-state index contributed by atoms with van der Waals surface area (Å²) in [6.45, 7) is 14.9. The quantitative estimate of drug-likeness (QED) is 0.440. The molecule has 1 amide bonds. The van der Waals surface area contributed by atoms with Gasteiger partial charge in [-0.3, -0.25) is 9.59 Å². The van der Waals surface area contributed by atoms with Crippen molar-refractivity contribution >= 4 is 11.7 Å². The number of hydrogen-bond donors (Lipinski definition) is 1. The average molecular weight is 380 g/mol. The third-order valence-electron chi connectivity index (χ3n) is 2.73. The molecule has 0 aromatic carbocycles. The molecule has 7 nitrogen and oxygen atoms in total. The second-order valence-corrected chi connectivity index (χ2v) is 4.99. The van der Waals surface area contributed by atoms with E-state index < -0.39 is 0 Å². The van der Waals surface area contributed by atoms with Gasteiger partial charge in [0.2, 0.25) is 5.91 Å². The van der Waals surface area contributed by atoms with Crippen LogP contribution in [0.2, 0.25) is 0 Å². The predicted molar refractivity (Wildman–Crippen MR) is 105 cm³/mol. The first-order valence-corrected chi connectivity index (χ1v) is 9.59. The molecule has 0 fully saturated rings. The Kier molecular flexibility index (Phi) is 30.0. The summed E-state index contributed by atoms with van der Waals surface area (Å²) in [6, 6.07) is 0. The number of Topliss-reactive ketones (excluding diaryl/α,β-unsaturated/α-hetero) is 1. The van der Waals surface area contributed by atoms with Gasteiger partial charge >= 0.3 is 0 Å². The van der Waals surface area contributed by atoms with E-state index >= 15 is 0 Å². The van der Waals surface area contributed by atoms with E-state index in [1.54, 1.807) is 7.11 Å². The summed E-state index contributed by atoms with van der Waals surface area (Å²) in [7, 11) is 1.60. The summed E-state index contributed by atoms with van der Waals surface area (Å²) in [6.07, 6.45) is 0.324. The molecule has 0 aromatic heterocycles. The van der Waals surface area contributed by atoms with Crippen molar-refractivity contribution < 1.29 is 28.5 Å². The molecular formula is C19H41NO6. The van der Waals surface area contributed by atoms with Crippen LogP contribution in [0.5, 0.6) is 0 Å². The first kappa shape index (κ1) is 29.7. The maximum absolute atomic E-state index is 11.4. The largest absolute Gasteiger partial charge is 0.382 e. The Morgan fingerprint density at radius 1 is 0.808 bits per heavy atom. The second kappa shape index (κ2) is 26.2. The molecule has 0 radical (unpaired) electrons. The van der Waals surface area contributed by atoms with Gasteiger partial charge in [0.25, 0.3) is 0 Å². The fraction of sp³-hybridized carbons (Fsp3) is 0.895. The van der Waals surface area contributed by atoms with Crippen LogP contribution in [0.25, 0.3) is 0 Å². The number of carbonyl (C=O) groups is 2. The summed E-state index contributed by atoms with van der Waals surface area (Å²) in [5.74, 6) is 0.00869. The van der Waals surface area contributed by atoms with E-state index in [0.717, 1.165) is 0 Å². The zero-order chi connectivity index (χ0) is 20.6. The maximum Gasteiger partial charge on any atom is 0.222 e. The Morgan fingerprint density at radius 3 is 1.92 bits per heavy atom.